The predicted octanol–water partition coefficient (Wildman–Crippen LogP) is 0.972. The number of halogens is 2. The minimum atomic E-state index is -0.752. The molecule has 0 N–H and O–H groups in total. The lowest BCUT2D eigenvalue weighted by Crippen LogP contribution is -2.43. The highest BCUT2D eigenvalue weighted by atomic mass is 19.2. The van der Waals surface area contributed by atoms with Crippen LogP contribution in [-0.4, -0.2) is 43.0 Å². The first-order valence-electron chi connectivity index (χ1n) is 3.63. The molecule has 0 aromatic rings. The van der Waals surface area contributed by atoms with Crippen molar-refractivity contribution in [2.24, 2.45) is 0 Å². The Kier molecular flexibility index (Phi) is 2.82. The molecule has 1 saturated heterocycles. The van der Waals surface area contributed by atoms with Gasteiger partial charge in [0.05, 0.1) is 0 Å². The Labute approximate surface area is 65.1 Å². The average Bonchev–Trinajstić information content (AvgIpc) is 2.05. The second-order valence-corrected chi connectivity index (χ2v) is 2.72. The fourth-order valence-corrected chi connectivity index (χ4v) is 1.09. The Hall–Kier alpha value is -0.640. The third kappa shape index (κ3) is 2.15. The lowest BCUT2D eigenvalue weighted by molar-refractivity contribution is 0.155. The van der Waals surface area contributed by atoms with Crippen molar-refractivity contribution in [3.8, 4) is 0 Å². The lowest BCUT2D eigenvalue weighted by Gasteiger charge is -2.31. The van der Waals surface area contributed by atoms with E-state index in [0.29, 0.717) is 13.1 Å². The minimum absolute atomic E-state index is 0.0192. The van der Waals surface area contributed by atoms with E-state index in [1.165, 1.54) is 4.90 Å². The van der Waals surface area contributed by atoms with E-state index in [9.17, 15) is 8.78 Å². The van der Waals surface area contributed by atoms with E-state index in [0.717, 1.165) is 13.1 Å². The van der Waals surface area contributed by atoms with Crippen LogP contribution in [0.3, 0.4) is 0 Å². The summed E-state index contributed by atoms with van der Waals surface area (Å²) < 4.78 is 24.2. The second kappa shape index (κ2) is 3.67. The molecule has 1 aliphatic heterocycles. The SMILES string of the molecule is CN1CCN(/C(F)=C/F)CC1. The summed E-state index contributed by atoms with van der Waals surface area (Å²) in [6.07, 6.45) is 0.0192. The molecule has 0 spiro atoms. The van der Waals surface area contributed by atoms with Gasteiger partial charge in [0, 0.05) is 26.2 Å². The summed E-state index contributed by atoms with van der Waals surface area (Å²) in [6, 6.07) is 0. The molecule has 11 heavy (non-hydrogen) atoms. The van der Waals surface area contributed by atoms with Gasteiger partial charge in [-0.15, -0.1) is 0 Å². The van der Waals surface area contributed by atoms with Gasteiger partial charge in [0.15, 0.2) is 0 Å². The maximum Gasteiger partial charge on any atom is 0.218 e. The van der Waals surface area contributed by atoms with Crippen molar-refractivity contribution in [2.75, 3.05) is 33.2 Å². The molecule has 2 nitrogen and oxygen atoms in total. The molecular formula is C7H12F2N2. The lowest BCUT2D eigenvalue weighted by atomic mass is 10.3. The molecule has 0 aromatic carbocycles. The molecular weight excluding hydrogens is 150 g/mol. The van der Waals surface area contributed by atoms with Gasteiger partial charge in [-0.1, -0.05) is 0 Å². The standard InChI is InChI=1S/C7H12F2N2/c1-10-2-4-11(5-3-10)7(9)6-8/h6H,2-5H2,1H3/b7-6+. The Bertz CT molecular complexity index is 151. The Morgan fingerprint density at radius 1 is 1.27 bits per heavy atom. The third-order valence-corrected chi connectivity index (χ3v) is 1.90. The van der Waals surface area contributed by atoms with Crippen LogP contribution in [0.1, 0.15) is 0 Å². The van der Waals surface area contributed by atoms with Crippen LogP contribution < -0.4 is 0 Å². The molecule has 0 aliphatic carbocycles. The highest BCUT2D eigenvalue weighted by Crippen LogP contribution is 2.09. The molecule has 4 heteroatoms. The molecule has 0 aromatic heterocycles. The largest absolute Gasteiger partial charge is 0.344 e. The third-order valence-electron chi connectivity index (χ3n) is 1.90. The van der Waals surface area contributed by atoms with Crippen molar-refractivity contribution in [2.45, 2.75) is 0 Å². The van der Waals surface area contributed by atoms with Crippen LogP contribution in [0.25, 0.3) is 0 Å². The number of nitrogens with zero attached hydrogens (tertiary/aromatic N) is 2. The molecule has 0 amide bonds. The predicted molar refractivity (Wildman–Crippen MR) is 39.4 cm³/mol. The normalized spacial score (nSPS) is 22.5. The van der Waals surface area contributed by atoms with Crippen LogP contribution in [0.4, 0.5) is 8.78 Å². The molecule has 1 rings (SSSR count). The molecule has 0 unspecified atom stereocenters. The molecule has 0 saturated carbocycles. The van der Waals surface area contributed by atoms with Gasteiger partial charge < -0.3 is 9.80 Å². The van der Waals surface area contributed by atoms with E-state index in [2.05, 4.69) is 4.90 Å². The summed E-state index contributed by atoms with van der Waals surface area (Å²) >= 11 is 0. The van der Waals surface area contributed by atoms with E-state index in [4.69, 9.17) is 0 Å². The average molecular weight is 162 g/mol. The van der Waals surface area contributed by atoms with Crippen molar-refractivity contribution in [3.63, 3.8) is 0 Å². The summed E-state index contributed by atoms with van der Waals surface area (Å²) in [4.78, 5) is 3.49. The van der Waals surface area contributed by atoms with Gasteiger partial charge in [-0.25, -0.2) is 4.39 Å². The van der Waals surface area contributed by atoms with Crippen molar-refractivity contribution in [1.29, 1.82) is 0 Å². The van der Waals surface area contributed by atoms with E-state index in [1.54, 1.807) is 0 Å². The van der Waals surface area contributed by atoms with Gasteiger partial charge in [-0.2, -0.15) is 4.39 Å². The highest BCUT2D eigenvalue weighted by Gasteiger charge is 2.15. The first-order chi connectivity index (χ1) is 5.24. The van der Waals surface area contributed by atoms with Crippen LogP contribution in [0, 0.1) is 0 Å². The first kappa shape index (κ1) is 8.46. The van der Waals surface area contributed by atoms with Crippen LogP contribution in [0.5, 0.6) is 0 Å². The molecule has 1 fully saturated rings. The van der Waals surface area contributed by atoms with Gasteiger partial charge in [0.2, 0.25) is 5.95 Å². The molecule has 0 bridgehead atoms. The van der Waals surface area contributed by atoms with Crippen molar-refractivity contribution in [3.05, 3.63) is 12.3 Å². The van der Waals surface area contributed by atoms with Crippen molar-refractivity contribution in [1.82, 2.24) is 9.80 Å². The topological polar surface area (TPSA) is 6.48 Å². The maximum absolute atomic E-state index is 12.5. The zero-order chi connectivity index (χ0) is 8.27. The van der Waals surface area contributed by atoms with Gasteiger partial charge in [0.25, 0.3) is 0 Å². The highest BCUT2D eigenvalue weighted by molar-refractivity contribution is 4.88. The molecule has 1 aliphatic rings. The zero-order valence-corrected chi connectivity index (χ0v) is 6.56. The van der Waals surface area contributed by atoms with E-state index >= 15 is 0 Å². The number of piperazine rings is 1. The number of hydrogen-bond donors (Lipinski definition) is 0. The Morgan fingerprint density at radius 3 is 2.27 bits per heavy atom. The molecule has 0 atom stereocenters. The van der Waals surface area contributed by atoms with E-state index < -0.39 is 5.95 Å². The molecule has 0 radical (unpaired) electrons. The summed E-state index contributed by atoms with van der Waals surface area (Å²) in [7, 11) is 1.97. The van der Waals surface area contributed by atoms with Gasteiger partial charge in [0.1, 0.15) is 6.33 Å². The quantitative estimate of drug-likeness (QED) is 0.530. The van der Waals surface area contributed by atoms with Crippen LogP contribution in [-0.2, 0) is 0 Å². The molecule has 1 heterocycles. The van der Waals surface area contributed by atoms with Gasteiger partial charge in [-0.3, -0.25) is 0 Å². The monoisotopic (exact) mass is 162 g/mol. The maximum atomic E-state index is 12.5. The number of hydrogen-bond acceptors (Lipinski definition) is 2. The summed E-state index contributed by atoms with van der Waals surface area (Å²) in [5.41, 5.74) is 0. The summed E-state index contributed by atoms with van der Waals surface area (Å²) in [5.74, 6) is -0.752. The van der Waals surface area contributed by atoms with Gasteiger partial charge in [-0.05, 0) is 7.05 Å². The Balaban J connectivity index is 2.39. The minimum Gasteiger partial charge on any atom is -0.344 e. The van der Waals surface area contributed by atoms with E-state index in [1.807, 2.05) is 7.05 Å². The fourth-order valence-electron chi connectivity index (χ4n) is 1.09. The fraction of sp³-hybridized carbons (Fsp3) is 0.714. The zero-order valence-electron chi connectivity index (χ0n) is 6.56. The van der Waals surface area contributed by atoms with Gasteiger partial charge >= 0.3 is 0 Å². The summed E-state index contributed by atoms with van der Waals surface area (Å²) in [5, 5.41) is 0. The number of likely N-dealkylation sites (N-methyl/N-ethyl adjacent to an activating group) is 1. The van der Waals surface area contributed by atoms with Crippen molar-refractivity contribution >= 4 is 0 Å². The second-order valence-electron chi connectivity index (χ2n) is 2.72. The van der Waals surface area contributed by atoms with E-state index in [-0.39, 0.29) is 6.33 Å². The Morgan fingerprint density at radius 2 is 1.82 bits per heavy atom. The number of rotatable bonds is 1. The van der Waals surface area contributed by atoms with Crippen LogP contribution in [0.15, 0.2) is 12.3 Å². The van der Waals surface area contributed by atoms with Crippen LogP contribution in [0.2, 0.25) is 0 Å². The van der Waals surface area contributed by atoms with Crippen molar-refractivity contribution < 1.29 is 8.78 Å². The first-order valence-corrected chi connectivity index (χ1v) is 3.63. The van der Waals surface area contributed by atoms with Crippen LogP contribution >= 0.6 is 0 Å². The summed E-state index contributed by atoms with van der Waals surface area (Å²) in [6.45, 7) is 2.73. The molecule has 64 valence electrons. The smallest absolute Gasteiger partial charge is 0.218 e.